The summed E-state index contributed by atoms with van der Waals surface area (Å²) in [6.07, 6.45) is 0. The van der Waals surface area contributed by atoms with Crippen LogP contribution >= 0.6 is 34.8 Å². The van der Waals surface area contributed by atoms with Crippen LogP contribution < -0.4 is 0 Å². The van der Waals surface area contributed by atoms with Crippen molar-refractivity contribution < 1.29 is 0 Å². The molecule has 0 nitrogen and oxygen atoms in total. The second-order valence-electron chi connectivity index (χ2n) is 1.07. The molecule has 0 aliphatic rings. The number of alkyl halides is 1. The predicted molar refractivity (Wildman–Crippen MR) is 35.1 cm³/mol. The number of allylic oxidation sites excluding steroid dienone is 2. The van der Waals surface area contributed by atoms with Crippen molar-refractivity contribution >= 4 is 34.8 Å². The summed E-state index contributed by atoms with van der Waals surface area (Å²) in [5.41, 5.74) is 0. The Morgan fingerprint density at radius 3 is 1.86 bits per heavy atom. The maximum atomic E-state index is 5.42. The van der Waals surface area contributed by atoms with E-state index in [1.54, 1.807) is 6.92 Å². The summed E-state index contributed by atoms with van der Waals surface area (Å²) in [5.74, 6) is 0.302. The maximum Gasteiger partial charge on any atom is 0.0593 e. The molecule has 0 radical (unpaired) electrons. The summed E-state index contributed by atoms with van der Waals surface area (Å²) in [7, 11) is 0. The van der Waals surface area contributed by atoms with Crippen molar-refractivity contribution in [3.63, 3.8) is 0 Å². The molecule has 0 N–H and O–H groups in total. The van der Waals surface area contributed by atoms with Gasteiger partial charge in [-0.25, -0.2) is 0 Å². The van der Waals surface area contributed by atoms with Crippen LogP contribution in [0.15, 0.2) is 10.1 Å². The van der Waals surface area contributed by atoms with E-state index >= 15 is 0 Å². The van der Waals surface area contributed by atoms with Crippen molar-refractivity contribution in [3.05, 3.63) is 10.1 Å². The van der Waals surface area contributed by atoms with Crippen LogP contribution in [0, 0.1) is 0 Å². The Hall–Kier alpha value is 0.610. The highest BCUT2D eigenvalue weighted by Crippen LogP contribution is 2.13. The maximum absolute atomic E-state index is 5.42. The van der Waals surface area contributed by atoms with Crippen molar-refractivity contribution in [2.24, 2.45) is 0 Å². The van der Waals surface area contributed by atoms with Crippen molar-refractivity contribution in [1.29, 1.82) is 0 Å². The highest BCUT2D eigenvalue weighted by molar-refractivity contribution is 6.42. The molecule has 7 heavy (non-hydrogen) atoms. The van der Waals surface area contributed by atoms with Gasteiger partial charge in [-0.2, -0.15) is 0 Å². The van der Waals surface area contributed by atoms with E-state index in [2.05, 4.69) is 0 Å². The molecule has 3 heteroatoms. The average molecular weight is 159 g/mol. The summed E-state index contributed by atoms with van der Waals surface area (Å²) >= 11 is 16.1. The molecule has 0 aliphatic carbocycles. The molecule has 0 rings (SSSR count). The lowest BCUT2D eigenvalue weighted by Gasteiger charge is -1.87. The molecule has 0 saturated heterocycles. The van der Waals surface area contributed by atoms with Gasteiger partial charge >= 0.3 is 0 Å². The Kier molecular flexibility index (Phi) is 3.91. The fourth-order valence-corrected chi connectivity index (χ4v) is 0.428. The average Bonchev–Trinajstić information content (AvgIpc) is 1.65. The third-order valence-corrected chi connectivity index (χ3v) is 1.64. The lowest BCUT2D eigenvalue weighted by Crippen LogP contribution is -1.72. The van der Waals surface area contributed by atoms with E-state index in [9.17, 15) is 0 Å². The van der Waals surface area contributed by atoms with Crippen LogP contribution in [0.4, 0.5) is 0 Å². The zero-order chi connectivity index (χ0) is 5.86. The van der Waals surface area contributed by atoms with Gasteiger partial charge in [-0.15, -0.1) is 11.6 Å². The zero-order valence-electron chi connectivity index (χ0n) is 3.84. The fraction of sp³-hybridized carbons (Fsp3) is 0.500. The highest BCUT2D eigenvalue weighted by atomic mass is 35.5. The van der Waals surface area contributed by atoms with E-state index < -0.39 is 0 Å². The first-order chi connectivity index (χ1) is 3.18. The SMILES string of the molecule is CC(Cl)=C(Cl)CCl. The quantitative estimate of drug-likeness (QED) is 0.516. The Morgan fingerprint density at radius 1 is 1.43 bits per heavy atom. The normalized spacial score (nSPS) is 13.7. The fourth-order valence-electron chi connectivity index (χ4n) is 0.0921. The summed E-state index contributed by atoms with van der Waals surface area (Å²) < 4.78 is 0. The largest absolute Gasteiger partial charge is 0.121 e. The van der Waals surface area contributed by atoms with Gasteiger partial charge in [-0.3, -0.25) is 0 Å². The molecule has 0 atom stereocenters. The van der Waals surface area contributed by atoms with Crippen LogP contribution in [-0.2, 0) is 0 Å². The van der Waals surface area contributed by atoms with Crippen LogP contribution in [0.3, 0.4) is 0 Å². The molecular formula is C4H5Cl3. The van der Waals surface area contributed by atoms with Gasteiger partial charge in [-0.05, 0) is 6.92 Å². The summed E-state index contributed by atoms with van der Waals surface area (Å²) in [6.45, 7) is 1.70. The minimum absolute atomic E-state index is 0.302. The van der Waals surface area contributed by atoms with Crippen molar-refractivity contribution in [3.8, 4) is 0 Å². The Morgan fingerprint density at radius 2 is 1.86 bits per heavy atom. The monoisotopic (exact) mass is 158 g/mol. The molecule has 0 amide bonds. The molecule has 0 aliphatic heterocycles. The number of rotatable bonds is 1. The summed E-state index contributed by atoms with van der Waals surface area (Å²) in [5, 5.41) is 1.08. The summed E-state index contributed by atoms with van der Waals surface area (Å²) in [4.78, 5) is 0. The number of hydrogen-bond acceptors (Lipinski definition) is 0. The standard InChI is InChI=1S/C4H5Cl3/c1-3(6)4(7)2-5/h2H2,1H3. The third-order valence-electron chi connectivity index (χ3n) is 0.491. The van der Waals surface area contributed by atoms with Crippen LogP contribution in [0.1, 0.15) is 6.92 Å². The minimum Gasteiger partial charge on any atom is -0.121 e. The van der Waals surface area contributed by atoms with Gasteiger partial charge in [0.15, 0.2) is 0 Å². The van der Waals surface area contributed by atoms with Crippen LogP contribution in [0.25, 0.3) is 0 Å². The molecule has 0 spiro atoms. The van der Waals surface area contributed by atoms with E-state index in [1.807, 2.05) is 0 Å². The highest BCUT2D eigenvalue weighted by Gasteiger charge is 1.90. The Bertz CT molecular complexity index is 80.9. The molecule has 42 valence electrons. The van der Waals surface area contributed by atoms with E-state index in [4.69, 9.17) is 34.8 Å². The molecule has 0 unspecified atom stereocenters. The molecular weight excluding hydrogens is 154 g/mol. The van der Waals surface area contributed by atoms with E-state index in [1.165, 1.54) is 0 Å². The lowest BCUT2D eigenvalue weighted by molar-refractivity contribution is 1.54. The molecule has 0 aromatic heterocycles. The van der Waals surface area contributed by atoms with Gasteiger partial charge in [0, 0.05) is 10.1 Å². The van der Waals surface area contributed by atoms with Crippen molar-refractivity contribution in [2.45, 2.75) is 6.92 Å². The molecule has 0 saturated carbocycles. The third kappa shape index (κ3) is 3.22. The van der Waals surface area contributed by atoms with Gasteiger partial charge in [0.2, 0.25) is 0 Å². The minimum atomic E-state index is 0.302. The second kappa shape index (κ2) is 3.59. The van der Waals surface area contributed by atoms with Gasteiger partial charge in [-0.1, -0.05) is 23.2 Å². The Balaban J connectivity index is 3.72. The molecule has 0 heterocycles. The van der Waals surface area contributed by atoms with Gasteiger partial charge < -0.3 is 0 Å². The zero-order valence-corrected chi connectivity index (χ0v) is 6.11. The topological polar surface area (TPSA) is 0 Å². The van der Waals surface area contributed by atoms with Crippen molar-refractivity contribution in [2.75, 3.05) is 5.88 Å². The van der Waals surface area contributed by atoms with E-state index in [0.717, 1.165) is 0 Å². The number of hydrogen-bond donors (Lipinski definition) is 0. The van der Waals surface area contributed by atoms with Crippen LogP contribution in [0.5, 0.6) is 0 Å². The van der Waals surface area contributed by atoms with E-state index in [-0.39, 0.29) is 0 Å². The van der Waals surface area contributed by atoms with Crippen molar-refractivity contribution in [1.82, 2.24) is 0 Å². The van der Waals surface area contributed by atoms with Crippen LogP contribution in [-0.4, -0.2) is 5.88 Å². The first-order valence-electron chi connectivity index (χ1n) is 1.75. The van der Waals surface area contributed by atoms with Crippen LogP contribution in [0.2, 0.25) is 0 Å². The molecule has 0 bridgehead atoms. The molecule has 0 fully saturated rings. The van der Waals surface area contributed by atoms with Gasteiger partial charge in [0.1, 0.15) is 0 Å². The summed E-state index contributed by atoms with van der Waals surface area (Å²) in [6, 6.07) is 0. The smallest absolute Gasteiger partial charge is 0.0593 e. The first kappa shape index (κ1) is 7.61. The molecule has 0 aromatic rings. The predicted octanol–water partition coefficient (Wildman–Crippen LogP) is 2.93. The lowest BCUT2D eigenvalue weighted by atomic mass is 10.6. The van der Waals surface area contributed by atoms with E-state index in [0.29, 0.717) is 15.9 Å². The van der Waals surface area contributed by atoms with Gasteiger partial charge in [0.25, 0.3) is 0 Å². The second-order valence-corrected chi connectivity index (χ2v) is 2.36. The number of halogens is 3. The first-order valence-corrected chi connectivity index (χ1v) is 3.04. The van der Waals surface area contributed by atoms with Gasteiger partial charge in [0.05, 0.1) is 5.88 Å². The Labute approximate surface area is 58.1 Å². The molecule has 0 aromatic carbocycles.